The maximum atomic E-state index is 11.8. The number of anilines is 1. The summed E-state index contributed by atoms with van der Waals surface area (Å²) in [6, 6.07) is 10.2. The summed E-state index contributed by atoms with van der Waals surface area (Å²) < 4.78 is 5.33. The van der Waals surface area contributed by atoms with Crippen LogP contribution in [-0.2, 0) is 4.79 Å². The molecule has 0 radical (unpaired) electrons. The zero-order chi connectivity index (χ0) is 16.1. The molecule has 0 aliphatic rings. The average Bonchev–Trinajstić information content (AvgIpc) is 2.48. The van der Waals surface area contributed by atoms with Crippen LogP contribution in [0.15, 0.2) is 36.4 Å². The molecule has 0 heterocycles. The van der Waals surface area contributed by atoms with Gasteiger partial charge in [0.05, 0.1) is 10.0 Å². The first-order valence-corrected chi connectivity index (χ1v) is 7.18. The summed E-state index contributed by atoms with van der Waals surface area (Å²) in [5.74, 6) is -0.163. The monoisotopic (exact) mass is 337 g/mol. The number of benzene rings is 2. The second-order valence-corrected chi connectivity index (χ2v) is 5.45. The van der Waals surface area contributed by atoms with E-state index in [0.717, 1.165) is 5.56 Å². The third kappa shape index (κ3) is 4.23. The minimum absolute atomic E-state index is 0.174. The van der Waals surface area contributed by atoms with Crippen LogP contribution in [-0.4, -0.2) is 18.8 Å². The molecule has 0 unspecified atom stereocenters. The maximum absolute atomic E-state index is 11.8. The lowest BCUT2D eigenvalue weighted by Gasteiger charge is -2.11. The van der Waals surface area contributed by atoms with Crippen LogP contribution in [0.3, 0.4) is 0 Å². The van der Waals surface area contributed by atoms with Crippen molar-refractivity contribution in [2.45, 2.75) is 6.92 Å². The van der Waals surface area contributed by atoms with Gasteiger partial charge in [0.15, 0.2) is 12.4 Å². The molecule has 114 valence electrons. The van der Waals surface area contributed by atoms with E-state index in [4.69, 9.17) is 27.9 Å². The largest absolute Gasteiger partial charge is 0.481 e. The quantitative estimate of drug-likeness (QED) is 0.834. The van der Waals surface area contributed by atoms with Gasteiger partial charge < -0.3 is 10.1 Å². The first-order valence-electron chi connectivity index (χ1n) is 6.43. The number of aldehydes is 1. The number of hydrogen-bond donors (Lipinski definition) is 1. The van der Waals surface area contributed by atoms with Gasteiger partial charge in [0.25, 0.3) is 5.91 Å². The molecule has 0 saturated heterocycles. The van der Waals surface area contributed by atoms with Crippen molar-refractivity contribution in [3.8, 4) is 5.75 Å². The first-order chi connectivity index (χ1) is 10.5. The Labute approximate surface area is 138 Å². The van der Waals surface area contributed by atoms with Crippen molar-refractivity contribution in [1.82, 2.24) is 0 Å². The number of amides is 1. The lowest BCUT2D eigenvalue weighted by molar-refractivity contribution is -0.118. The van der Waals surface area contributed by atoms with Crippen LogP contribution in [0.5, 0.6) is 5.75 Å². The van der Waals surface area contributed by atoms with E-state index in [1.165, 1.54) is 12.1 Å². The van der Waals surface area contributed by atoms with Crippen molar-refractivity contribution in [2.75, 3.05) is 11.9 Å². The highest BCUT2D eigenvalue weighted by atomic mass is 35.5. The Morgan fingerprint density at radius 1 is 1.18 bits per heavy atom. The van der Waals surface area contributed by atoms with Crippen LogP contribution in [0.4, 0.5) is 5.69 Å². The van der Waals surface area contributed by atoms with Crippen LogP contribution >= 0.6 is 23.2 Å². The Hall–Kier alpha value is -2.04. The molecule has 2 aromatic carbocycles. The molecule has 1 N–H and O–H groups in total. The van der Waals surface area contributed by atoms with Crippen molar-refractivity contribution in [1.29, 1.82) is 0 Å². The third-order valence-corrected chi connectivity index (χ3v) is 3.40. The summed E-state index contributed by atoms with van der Waals surface area (Å²) in [6.45, 7) is 1.72. The zero-order valence-electron chi connectivity index (χ0n) is 11.7. The predicted molar refractivity (Wildman–Crippen MR) is 87.2 cm³/mol. The third-order valence-electron chi connectivity index (χ3n) is 2.84. The lowest BCUT2D eigenvalue weighted by Crippen LogP contribution is -2.20. The number of aryl methyl sites for hydroxylation is 1. The number of hydrogen-bond acceptors (Lipinski definition) is 3. The molecule has 0 aromatic heterocycles. The molecule has 4 nitrogen and oxygen atoms in total. The number of ether oxygens (including phenoxy) is 1. The molecule has 0 spiro atoms. The first kappa shape index (κ1) is 16.3. The molecule has 2 rings (SSSR count). The standard InChI is InChI=1S/C16H13Cl2NO3/c1-10-2-4-12(5-3-10)19-15(21)9-22-16-13(17)6-11(8-20)7-14(16)18/h2-8H,9H2,1H3,(H,19,21). The number of halogens is 2. The SMILES string of the molecule is Cc1ccc(NC(=O)COc2c(Cl)cc(C=O)cc2Cl)cc1. The fourth-order valence-corrected chi connectivity index (χ4v) is 2.37. The van der Waals surface area contributed by atoms with E-state index in [0.29, 0.717) is 17.5 Å². The summed E-state index contributed by atoms with van der Waals surface area (Å²) in [5, 5.41) is 3.05. The summed E-state index contributed by atoms with van der Waals surface area (Å²) in [7, 11) is 0. The van der Waals surface area contributed by atoms with Crippen LogP contribution in [0.25, 0.3) is 0 Å². The van der Waals surface area contributed by atoms with E-state index in [-0.39, 0.29) is 28.3 Å². The number of carbonyl (C=O) groups is 2. The summed E-state index contributed by atoms with van der Waals surface area (Å²) in [6.07, 6.45) is 0.631. The van der Waals surface area contributed by atoms with E-state index in [9.17, 15) is 9.59 Å². The van der Waals surface area contributed by atoms with Crippen LogP contribution in [0, 0.1) is 6.92 Å². The van der Waals surface area contributed by atoms with Gasteiger partial charge >= 0.3 is 0 Å². The highest BCUT2D eigenvalue weighted by Gasteiger charge is 2.12. The summed E-state index contributed by atoms with van der Waals surface area (Å²) in [4.78, 5) is 22.5. The molecule has 2 aromatic rings. The minimum Gasteiger partial charge on any atom is -0.481 e. The van der Waals surface area contributed by atoms with Crippen molar-refractivity contribution < 1.29 is 14.3 Å². The van der Waals surface area contributed by atoms with Gasteiger partial charge in [-0.1, -0.05) is 40.9 Å². The molecule has 0 aliphatic heterocycles. The van der Waals surface area contributed by atoms with Gasteiger partial charge in [-0.2, -0.15) is 0 Å². The van der Waals surface area contributed by atoms with Crippen molar-refractivity contribution >= 4 is 41.1 Å². The van der Waals surface area contributed by atoms with E-state index in [2.05, 4.69) is 5.32 Å². The Balaban J connectivity index is 1.99. The molecule has 0 bridgehead atoms. The molecule has 22 heavy (non-hydrogen) atoms. The average molecular weight is 338 g/mol. The lowest BCUT2D eigenvalue weighted by atomic mass is 10.2. The number of nitrogens with one attached hydrogen (secondary N) is 1. The maximum Gasteiger partial charge on any atom is 0.262 e. The zero-order valence-corrected chi connectivity index (χ0v) is 13.2. The molecular weight excluding hydrogens is 325 g/mol. The van der Waals surface area contributed by atoms with Crippen LogP contribution in [0.2, 0.25) is 10.0 Å². The smallest absolute Gasteiger partial charge is 0.262 e. The molecular formula is C16H13Cl2NO3. The molecule has 1 amide bonds. The molecule has 0 atom stereocenters. The van der Waals surface area contributed by atoms with Gasteiger partial charge in [0.1, 0.15) is 6.29 Å². The Morgan fingerprint density at radius 3 is 2.32 bits per heavy atom. The van der Waals surface area contributed by atoms with Gasteiger partial charge in [0.2, 0.25) is 0 Å². The molecule has 0 fully saturated rings. The molecule has 0 saturated carbocycles. The topological polar surface area (TPSA) is 55.4 Å². The van der Waals surface area contributed by atoms with Gasteiger partial charge in [-0.25, -0.2) is 0 Å². The van der Waals surface area contributed by atoms with E-state index < -0.39 is 0 Å². The Kier molecular flexibility index (Phi) is 5.41. The van der Waals surface area contributed by atoms with Crippen LogP contribution < -0.4 is 10.1 Å². The Bertz CT molecular complexity index is 676. The van der Waals surface area contributed by atoms with Crippen LogP contribution in [0.1, 0.15) is 15.9 Å². The number of rotatable bonds is 5. The van der Waals surface area contributed by atoms with Crippen molar-refractivity contribution in [2.24, 2.45) is 0 Å². The molecule has 6 heteroatoms. The predicted octanol–water partition coefficient (Wildman–Crippen LogP) is 4.13. The van der Waals surface area contributed by atoms with Gasteiger partial charge in [-0.05, 0) is 31.2 Å². The summed E-state index contributed by atoms with van der Waals surface area (Å²) >= 11 is 11.9. The molecule has 0 aliphatic carbocycles. The van der Waals surface area contributed by atoms with Gasteiger partial charge in [0, 0.05) is 11.3 Å². The fourth-order valence-electron chi connectivity index (χ4n) is 1.76. The number of carbonyl (C=O) groups excluding carboxylic acids is 2. The summed E-state index contributed by atoms with van der Waals surface area (Å²) in [5.41, 5.74) is 2.11. The van der Waals surface area contributed by atoms with Crippen molar-refractivity contribution in [3.05, 3.63) is 57.6 Å². The highest BCUT2D eigenvalue weighted by molar-refractivity contribution is 6.37. The normalized spacial score (nSPS) is 10.1. The second kappa shape index (κ2) is 7.29. The van der Waals surface area contributed by atoms with E-state index in [1.807, 2.05) is 19.1 Å². The van der Waals surface area contributed by atoms with Crippen molar-refractivity contribution in [3.63, 3.8) is 0 Å². The van der Waals surface area contributed by atoms with Gasteiger partial charge in [-0.3, -0.25) is 9.59 Å². The Morgan fingerprint density at radius 2 is 1.77 bits per heavy atom. The van der Waals surface area contributed by atoms with E-state index in [1.54, 1.807) is 12.1 Å². The minimum atomic E-state index is -0.338. The van der Waals surface area contributed by atoms with Gasteiger partial charge in [-0.15, -0.1) is 0 Å². The fraction of sp³-hybridized carbons (Fsp3) is 0.125. The highest BCUT2D eigenvalue weighted by Crippen LogP contribution is 2.33. The van der Waals surface area contributed by atoms with E-state index >= 15 is 0 Å². The second-order valence-electron chi connectivity index (χ2n) is 4.63.